The lowest BCUT2D eigenvalue weighted by atomic mass is 10.1. The fourth-order valence-electron chi connectivity index (χ4n) is 2.28. The third kappa shape index (κ3) is 2.82. The molecule has 90 valence electrons. The highest BCUT2D eigenvalue weighted by molar-refractivity contribution is 4.91. The van der Waals surface area contributed by atoms with E-state index in [1.807, 2.05) is 4.68 Å². The van der Waals surface area contributed by atoms with E-state index in [-0.39, 0.29) is 0 Å². The molecule has 1 unspecified atom stereocenters. The Kier molecular flexibility index (Phi) is 3.93. The van der Waals surface area contributed by atoms with Crippen molar-refractivity contribution in [1.82, 2.24) is 20.1 Å². The van der Waals surface area contributed by atoms with Crippen LogP contribution < -0.4 is 5.32 Å². The molecule has 1 saturated carbocycles. The van der Waals surface area contributed by atoms with Crippen LogP contribution in [0.5, 0.6) is 0 Å². The highest BCUT2D eigenvalue weighted by Gasteiger charge is 2.29. The zero-order valence-corrected chi connectivity index (χ0v) is 10.3. The van der Waals surface area contributed by atoms with Gasteiger partial charge in [0.2, 0.25) is 0 Å². The lowest BCUT2D eigenvalue weighted by Crippen LogP contribution is -2.28. The third-order valence-electron chi connectivity index (χ3n) is 3.37. The monoisotopic (exact) mass is 222 g/mol. The molecule has 4 heteroatoms. The van der Waals surface area contributed by atoms with E-state index < -0.39 is 0 Å². The van der Waals surface area contributed by atoms with Crippen molar-refractivity contribution in [3.63, 3.8) is 0 Å². The summed E-state index contributed by atoms with van der Waals surface area (Å²) in [4.78, 5) is 4.34. The van der Waals surface area contributed by atoms with Gasteiger partial charge in [-0.3, -0.25) is 4.68 Å². The minimum Gasteiger partial charge on any atom is -0.317 e. The van der Waals surface area contributed by atoms with Crippen LogP contribution in [0, 0.1) is 5.92 Å². The minimum absolute atomic E-state index is 0.673. The second kappa shape index (κ2) is 5.43. The van der Waals surface area contributed by atoms with E-state index in [2.05, 4.69) is 29.4 Å². The molecule has 1 aliphatic rings. The minimum atomic E-state index is 0.673. The lowest BCUT2D eigenvalue weighted by Gasteiger charge is -2.14. The van der Waals surface area contributed by atoms with Gasteiger partial charge in [-0.2, -0.15) is 5.10 Å². The quantitative estimate of drug-likeness (QED) is 0.762. The second-order valence-corrected chi connectivity index (χ2v) is 4.67. The summed E-state index contributed by atoms with van der Waals surface area (Å²) in [5.74, 6) is 2.05. The number of rotatable bonds is 7. The topological polar surface area (TPSA) is 42.7 Å². The molecule has 0 saturated heterocycles. The van der Waals surface area contributed by atoms with E-state index in [1.165, 1.54) is 19.3 Å². The number of aryl methyl sites for hydroxylation is 2. The fourth-order valence-corrected chi connectivity index (χ4v) is 2.28. The van der Waals surface area contributed by atoms with Gasteiger partial charge in [-0.1, -0.05) is 6.92 Å². The lowest BCUT2D eigenvalue weighted by molar-refractivity contribution is 0.455. The van der Waals surface area contributed by atoms with Crippen molar-refractivity contribution in [2.75, 3.05) is 7.05 Å². The smallest absolute Gasteiger partial charge is 0.138 e. The molecule has 1 aromatic rings. The fraction of sp³-hybridized carbons (Fsp3) is 0.833. The van der Waals surface area contributed by atoms with Gasteiger partial charge in [-0.05, 0) is 38.6 Å². The van der Waals surface area contributed by atoms with Gasteiger partial charge >= 0.3 is 0 Å². The molecule has 0 radical (unpaired) electrons. The number of nitrogens with zero attached hydrogens (tertiary/aromatic N) is 3. The maximum atomic E-state index is 4.34. The summed E-state index contributed by atoms with van der Waals surface area (Å²) < 4.78 is 2.04. The summed E-state index contributed by atoms with van der Waals surface area (Å²) in [6.45, 7) is 3.16. The second-order valence-electron chi connectivity index (χ2n) is 4.67. The Morgan fingerprint density at radius 1 is 1.56 bits per heavy atom. The van der Waals surface area contributed by atoms with Crippen LogP contribution in [0.4, 0.5) is 0 Å². The maximum Gasteiger partial charge on any atom is 0.138 e. The number of nitrogens with one attached hydrogen (secondary N) is 1. The first-order valence-corrected chi connectivity index (χ1v) is 6.39. The van der Waals surface area contributed by atoms with Crippen molar-refractivity contribution in [1.29, 1.82) is 0 Å². The molecule has 1 heterocycles. The molecular weight excluding hydrogens is 200 g/mol. The van der Waals surface area contributed by atoms with Gasteiger partial charge in [0.25, 0.3) is 0 Å². The predicted molar refractivity (Wildman–Crippen MR) is 64.2 cm³/mol. The summed E-state index contributed by atoms with van der Waals surface area (Å²) >= 11 is 0. The van der Waals surface area contributed by atoms with E-state index in [4.69, 9.17) is 0 Å². The van der Waals surface area contributed by atoms with Crippen LogP contribution in [0.25, 0.3) is 0 Å². The van der Waals surface area contributed by atoms with E-state index in [9.17, 15) is 0 Å². The SMILES string of the molecule is CCCn1ncnc1CCC(NC)C1CC1. The summed E-state index contributed by atoms with van der Waals surface area (Å²) in [6, 6.07) is 0.673. The van der Waals surface area contributed by atoms with Crippen molar-refractivity contribution < 1.29 is 0 Å². The zero-order chi connectivity index (χ0) is 11.4. The first kappa shape index (κ1) is 11.6. The molecule has 2 rings (SSSR count). The Labute approximate surface area is 97.5 Å². The van der Waals surface area contributed by atoms with Gasteiger partial charge < -0.3 is 5.32 Å². The average Bonchev–Trinajstić information content (AvgIpc) is 3.03. The summed E-state index contributed by atoms with van der Waals surface area (Å²) in [5.41, 5.74) is 0. The molecular formula is C12H22N4. The molecule has 0 bridgehead atoms. The first-order valence-electron chi connectivity index (χ1n) is 6.39. The summed E-state index contributed by atoms with van der Waals surface area (Å²) in [7, 11) is 2.07. The molecule has 1 N–H and O–H groups in total. The third-order valence-corrected chi connectivity index (χ3v) is 3.37. The zero-order valence-electron chi connectivity index (χ0n) is 10.3. The van der Waals surface area contributed by atoms with Crippen molar-refractivity contribution in [3.05, 3.63) is 12.2 Å². The van der Waals surface area contributed by atoms with Crippen molar-refractivity contribution in [3.8, 4) is 0 Å². The van der Waals surface area contributed by atoms with Crippen LogP contribution >= 0.6 is 0 Å². The van der Waals surface area contributed by atoms with Gasteiger partial charge in [-0.25, -0.2) is 4.98 Å². The van der Waals surface area contributed by atoms with Crippen molar-refractivity contribution in [2.45, 2.75) is 51.6 Å². The molecule has 0 aromatic carbocycles. The molecule has 0 spiro atoms. The number of aromatic nitrogens is 3. The van der Waals surface area contributed by atoms with Gasteiger partial charge in [0, 0.05) is 19.0 Å². The maximum absolute atomic E-state index is 4.34. The van der Waals surface area contributed by atoms with E-state index in [0.717, 1.165) is 31.1 Å². The van der Waals surface area contributed by atoms with Gasteiger partial charge in [0.15, 0.2) is 0 Å². The average molecular weight is 222 g/mol. The molecule has 1 aromatic heterocycles. The molecule has 0 amide bonds. The van der Waals surface area contributed by atoms with Crippen LogP contribution in [0.2, 0.25) is 0 Å². The Hall–Kier alpha value is -0.900. The van der Waals surface area contributed by atoms with E-state index in [1.54, 1.807) is 6.33 Å². The molecule has 1 aliphatic carbocycles. The van der Waals surface area contributed by atoms with Gasteiger partial charge in [-0.15, -0.1) is 0 Å². The Balaban J connectivity index is 1.85. The largest absolute Gasteiger partial charge is 0.317 e. The van der Waals surface area contributed by atoms with Gasteiger partial charge in [0.1, 0.15) is 12.2 Å². The standard InChI is InChI=1S/C12H22N4/c1-3-8-16-12(14-9-15-16)7-6-11(13-2)10-4-5-10/h9-11,13H,3-8H2,1-2H3. The van der Waals surface area contributed by atoms with Crippen LogP contribution in [0.15, 0.2) is 6.33 Å². The Morgan fingerprint density at radius 2 is 2.38 bits per heavy atom. The van der Waals surface area contributed by atoms with Crippen LogP contribution in [0.3, 0.4) is 0 Å². The first-order chi connectivity index (χ1) is 7.85. The number of hydrogen-bond donors (Lipinski definition) is 1. The summed E-state index contributed by atoms with van der Waals surface area (Å²) in [6.07, 6.45) is 7.82. The predicted octanol–water partition coefficient (Wildman–Crippen LogP) is 1.62. The highest BCUT2D eigenvalue weighted by Crippen LogP contribution is 2.34. The van der Waals surface area contributed by atoms with Crippen molar-refractivity contribution in [2.24, 2.45) is 5.92 Å². The van der Waals surface area contributed by atoms with Crippen LogP contribution in [-0.2, 0) is 13.0 Å². The molecule has 16 heavy (non-hydrogen) atoms. The molecule has 4 nitrogen and oxygen atoms in total. The molecule has 0 aliphatic heterocycles. The Morgan fingerprint density at radius 3 is 3.00 bits per heavy atom. The van der Waals surface area contributed by atoms with Crippen LogP contribution in [-0.4, -0.2) is 27.9 Å². The molecule has 1 atom stereocenters. The van der Waals surface area contributed by atoms with E-state index in [0.29, 0.717) is 6.04 Å². The number of hydrogen-bond acceptors (Lipinski definition) is 3. The molecule has 1 fully saturated rings. The van der Waals surface area contributed by atoms with Gasteiger partial charge in [0.05, 0.1) is 0 Å². The summed E-state index contributed by atoms with van der Waals surface area (Å²) in [5, 5.41) is 7.68. The van der Waals surface area contributed by atoms with Crippen LogP contribution in [0.1, 0.15) is 38.4 Å². The van der Waals surface area contributed by atoms with Crippen molar-refractivity contribution >= 4 is 0 Å². The normalized spacial score (nSPS) is 17.6. The Bertz CT molecular complexity index is 317. The van der Waals surface area contributed by atoms with E-state index >= 15 is 0 Å². The highest BCUT2D eigenvalue weighted by atomic mass is 15.3.